The predicted octanol–water partition coefficient (Wildman–Crippen LogP) is 0.269. The molecule has 0 radical (unpaired) electrons. The third-order valence-electron chi connectivity index (χ3n) is 2.46. The number of aliphatic hydroxyl groups is 1. The molecule has 0 bridgehead atoms. The van der Waals surface area contributed by atoms with Crippen molar-refractivity contribution in [2.45, 2.75) is 24.6 Å². The second-order valence-electron chi connectivity index (χ2n) is 3.40. The molecule has 0 aromatic carbocycles. The second kappa shape index (κ2) is 3.30. The molecule has 0 spiro atoms. The minimum Gasteiger partial charge on any atom is -0.380 e. The number of halogens is 3. The van der Waals surface area contributed by atoms with Gasteiger partial charge < -0.3 is 15.7 Å². The van der Waals surface area contributed by atoms with E-state index in [1.165, 1.54) is 4.90 Å². The molecule has 7 heteroatoms. The van der Waals surface area contributed by atoms with Crippen molar-refractivity contribution >= 4 is 5.96 Å². The van der Waals surface area contributed by atoms with E-state index in [1.807, 2.05) is 0 Å². The predicted molar refractivity (Wildman–Crippen MR) is 43.7 cm³/mol. The zero-order valence-corrected chi connectivity index (χ0v) is 7.43. The number of hydrogen-bond acceptors (Lipinski definition) is 2. The van der Waals surface area contributed by atoms with Crippen LogP contribution in [-0.2, 0) is 0 Å². The van der Waals surface area contributed by atoms with Crippen molar-refractivity contribution in [3.05, 3.63) is 0 Å². The van der Waals surface area contributed by atoms with Gasteiger partial charge in [-0.25, -0.2) is 0 Å². The van der Waals surface area contributed by atoms with Gasteiger partial charge in [0.25, 0.3) is 0 Å². The summed E-state index contributed by atoms with van der Waals surface area (Å²) in [7, 11) is 0. The van der Waals surface area contributed by atoms with Gasteiger partial charge in [0.1, 0.15) is 0 Å². The number of alkyl halides is 3. The first-order valence-electron chi connectivity index (χ1n) is 4.14. The van der Waals surface area contributed by atoms with Crippen LogP contribution in [0.15, 0.2) is 0 Å². The molecule has 0 saturated carbocycles. The number of nitrogens with zero attached hydrogens (tertiary/aromatic N) is 1. The topological polar surface area (TPSA) is 73.3 Å². The quantitative estimate of drug-likeness (QED) is 0.397. The molecule has 0 aromatic heterocycles. The highest BCUT2D eigenvalue weighted by Crippen LogP contribution is 2.38. The maximum absolute atomic E-state index is 12.3. The summed E-state index contributed by atoms with van der Waals surface area (Å²) in [5, 5.41) is 16.3. The molecule has 1 saturated heterocycles. The molecule has 1 aliphatic heterocycles. The zero-order valence-electron chi connectivity index (χ0n) is 7.43. The second-order valence-corrected chi connectivity index (χ2v) is 3.40. The molecule has 0 amide bonds. The fourth-order valence-corrected chi connectivity index (χ4v) is 1.40. The molecule has 0 aromatic rings. The molecule has 1 aliphatic rings. The lowest BCUT2D eigenvalue weighted by molar-refractivity contribution is -0.270. The van der Waals surface area contributed by atoms with Gasteiger partial charge in [-0.15, -0.1) is 0 Å². The van der Waals surface area contributed by atoms with Gasteiger partial charge in [0.15, 0.2) is 11.6 Å². The van der Waals surface area contributed by atoms with E-state index in [4.69, 9.17) is 11.1 Å². The minimum atomic E-state index is -4.60. The lowest BCUT2D eigenvalue weighted by atomic mass is 9.91. The van der Waals surface area contributed by atoms with Gasteiger partial charge in [0.05, 0.1) is 0 Å². The van der Waals surface area contributed by atoms with Crippen LogP contribution in [0.4, 0.5) is 13.2 Å². The van der Waals surface area contributed by atoms with E-state index >= 15 is 0 Å². The molecule has 82 valence electrons. The van der Waals surface area contributed by atoms with Crippen LogP contribution in [0.3, 0.4) is 0 Å². The van der Waals surface area contributed by atoms with Crippen molar-refractivity contribution in [2.75, 3.05) is 13.1 Å². The minimum absolute atomic E-state index is 0.0364. The summed E-state index contributed by atoms with van der Waals surface area (Å²) < 4.78 is 36.9. The van der Waals surface area contributed by atoms with Gasteiger partial charge in [-0.3, -0.25) is 5.41 Å². The highest BCUT2D eigenvalue weighted by atomic mass is 19.4. The number of rotatable bonds is 0. The Morgan fingerprint density at radius 2 is 1.79 bits per heavy atom. The molecule has 1 rings (SSSR count). The average Bonchev–Trinajstić information content (AvgIpc) is 2.03. The molecule has 0 aliphatic carbocycles. The van der Waals surface area contributed by atoms with Gasteiger partial charge in [-0.05, 0) is 0 Å². The van der Waals surface area contributed by atoms with Crippen LogP contribution in [0, 0.1) is 5.41 Å². The number of likely N-dealkylation sites (tertiary alicyclic amines) is 1. The summed E-state index contributed by atoms with van der Waals surface area (Å²) in [4.78, 5) is 1.31. The molecule has 1 fully saturated rings. The van der Waals surface area contributed by atoms with E-state index in [9.17, 15) is 18.3 Å². The fraction of sp³-hybridized carbons (Fsp3) is 0.857. The highest BCUT2D eigenvalue weighted by molar-refractivity contribution is 5.74. The Bertz CT molecular complexity index is 233. The summed E-state index contributed by atoms with van der Waals surface area (Å²) in [6.07, 6.45) is -5.47. The Labute approximate surface area is 79.0 Å². The van der Waals surface area contributed by atoms with Crippen LogP contribution < -0.4 is 5.73 Å². The molecule has 1 heterocycles. The summed E-state index contributed by atoms with van der Waals surface area (Å²) in [6, 6.07) is 0. The Morgan fingerprint density at radius 3 is 2.07 bits per heavy atom. The SMILES string of the molecule is N=C(N)N1CCC(O)(C(F)(F)F)CC1. The fourth-order valence-electron chi connectivity index (χ4n) is 1.40. The lowest BCUT2D eigenvalue weighted by Gasteiger charge is -2.39. The van der Waals surface area contributed by atoms with Crippen LogP contribution in [0.2, 0.25) is 0 Å². The third kappa shape index (κ3) is 1.92. The summed E-state index contributed by atoms with van der Waals surface area (Å²) >= 11 is 0. The molecular formula is C7H12F3N3O. The summed E-state index contributed by atoms with van der Waals surface area (Å²) in [6.45, 7) is -0.0727. The molecule has 0 atom stereocenters. The standard InChI is InChI=1S/C7H12F3N3O/c8-7(9,10)6(14)1-3-13(4-2-6)5(11)12/h14H,1-4H2,(H3,11,12). The smallest absolute Gasteiger partial charge is 0.380 e. The van der Waals surface area contributed by atoms with Crippen molar-refractivity contribution in [2.24, 2.45) is 5.73 Å². The number of nitrogens with two attached hydrogens (primary N) is 1. The summed E-state index contributed by atoms with van der Waals surface area (Å²) in [5.74, 6) is -0.255. The van der Waals surface area contributed by atoms with Crippen molar-refractivity contribution in [1.29, 1.82) is 5.41 Å². The van der Waals surface area contributed by atoms with Gasteiger partial charge >= 0.3 is 6.18 Å². The van der Waals surface area contributed by atoms with E-state index in [0.29, 0.717) is 0 Å². The Morgan fingerprint density at radius 1 is 1.36 bits per heavy atom. The zero-order chi connectivity index (χ0) is 11.0. The monoisotopic (exact) mass is 211 g/mol. The Kier molecular flexibility index (Phi) is 2.62. The van der Waals surface area contributed by atoms with Crippen LogP contribution >= 0.6 is 0 Å². The first kappa shape index (κ1) is 11.1. The van der Waals surface area contributed by atoms with E-state index in [2.05, 4.69) is 0 Å². The number of piperidine rings is 1. The van der Waals surface area contributed by atoms with Crippen LogP contribution in [0.25, 0.3) is 0 Å². The van der Waals surface area contributed by atoms with E-state index in [-0.39, 0.29) is 19.0 Å². The normalized spacial score (nSPS) is 22.1. The van der Waals surface area contributed by atoms with E-state index in [0.717, 1.165) is 0 Å². The van der Waals surface area contributed by atoms with Gasteiger partial charge in [0.2, 0.25) is 0 Å². The number of nitrogens with one attached hydrogen (secondary N) is 1. The maximum atomic E-state index is 12.3. The largest absolute Gasteiger partial charge is 0.417 e. The van der Waals surface area contributed by atoms with Crippen molar-refractivity contribution in [1.82, 2.24) is 4.90 Å². The molecular weight excluding hydrogens is 199 g/mol. The van der Waals surface area contributed by atoms with Crippen molar-refractivity contribution < 1.29 is 18.3 Å². The first-order chi connectivity index (χ1) is 6.26. The van der Waals surface area contributed by atoms with Gasteiger partial charge in [0, 0.05) is 25.9 Å². The summed E-state index contributed by atoms with van der Waals surface area (Å²) in [5.41, 5.74) is 2.50. The third-order valence-corrected chi connectivity index (χ3v) is 2.46. The number of hydrogen-bond donors (Lipinski definition) is 3. The van der Waals surface area contributed by atoms with Crippen LogP contribution in [0.1, 0.15) is 12.8 Å². The average molecular weight is 211 g/mol. The van der Waals surface area contributed by atoms with Crippen molar-refractivity contribution in [3.8, 4) is 0 Å². The van der Waals surface area contributed by atoms with Crippen molar-refractivity contribution in [3.63, 3.8) is 0 Å². The molecule has 0 unspecified atom stereocenters. The lowest BCUT2D eigenvalue weighted by Crippen LogP contribution is -2.55. The van der Waals surface area contributed by atoms with Crippen LogP contribution in [-0.4, -0.2) is 40.8 Å². The first-order valence-corrected chi connectivity index (χ1v) is 4.14. The highest BCUT2D eigenvalue weighted by Gasteiger charge is 2.54. The Balaban J connectivity index is 2.62. The van der Waals surface area contributed by atoms with E-state index in [1.54, 1.807) is 0 Å². The van der Waals surface area contributed by atoms with Gasteiger partial charge in [-0.2, -0.15) is 13.2 Å². The molecule has 14 heavy (non-hydrogen) atoms. The molecule has 4 N–H and O–H groups in total. The number of guanidine groups is 1. The van der Waals surface area contributed by atoms with E-state index < -0.39 is 24.6 Å². The molecule has 4 nitrogen and oxygen atoms in total. The Hall–Kier alpha value is -0.980. The van der Waals surface area contributed by atoms with Gasteiger partial charge in [-0.1, -0.05) is 0 Å². The maximum Gasteiger partial charge on any atom is 0.417 e. The van der Waals surface area contributed by atoms with Crippen LogP contribution in [0.5, 0.6) is 0 Å².